The number of anilines is 1. The Kier molecular flexibility index (Phi) is 6.82. The van der Waals surface area contributed by atoms with Crippen molar-refractivity contribution in [3.8, 4) is 0 Å². The van der Waals surface area contributed by atoms with Crippen molar-refractivity contribution in [1.82, 2.24) is 15.1 Å². The fourth-order valence-electron chi connectivity index (χ4n) is 4.19. The molecule has 0 aromatic carbocycles. The van der Waals surface area contributed by atoms with Crippen LogP contribution in [-0.2, 0) is 14.4 Å². The van der Waals surface area contributed by atoms with Crippen molar-refractivity contribution < 1.29 is 14.4 Å². The fraction of sp³-hybridized carbons (Fsp3) is 0.667. The highest BCUT2D eigenvalue weighted by molar-refractivity contribution is 7.15. The molecule has 0 saturated carbocycles. The number of rotatable bonds is 8. The first-order chi connectivity index (χ1) is 13.9. The van der Waals surface area contributed by atoms with E-state index in [0.717, 1.165) is 17.8 Å². The van der Waals surface area contributed by atoms with E-state index in [4.69, 9.17) is 0 Å². The standard InChI is InChI=1S/C21H30N4O3S/c1-5-13(6-2)18-23-24-21(29-18)22-17(26)16(11-12(3)4)25-19(27)14-9-7-8-10-15(14)20(25)28/h7-8,12-16H,5-6,9-11H2,1-4H3,(H,22,24,26). The third-order valence-corrected chi connectivity index (χ3v) is 6.86. The van der Waals surface area contributed by atoms with Crippen LogP contribution in [-0.4, -0.2) is 38.9 Å². The summed E-state index contributed by atoms with van der Waals surface area (Å²) in [5.41, 5.74) is 0. The highest BCUT2D eigenvalue weighted by Gasteiger charge is 2.51. The Bertz CT molecular complexity index is 774. The van der Waals surface area contributed by atoms with Crippen LogP contribution in [0, 0.1) is 17.8 Å². The van der Waals surface area contributed by atoms with Gasteiger partial charge in [0.25, 0.3) is 0 Å². The molecule has 1 aliphatic carbocycles. The fourth-order valence-corrected chi connectivity index (χ4v) is 5.20. The molecule has 0 radical (unpaired) electrons. The molecular weight excluding hydrogens is 388 g/mol. The Balaban J connectivity index is 1.79. The molecule has 158 valence electrons. The van der Waals surface area contributed by atoms with E-state index in [2.05, 4.69) is 29.4 Å². The maximum absolute atomic E-state index is 13.1. The van der Waals surface area contributed by atoms with Crippen molar-refractivity contribution in [2.75, 3.05) is 5.32 Å². The zero-order chi connectivity index (χ0) is 21.1. The van der Waals surface area contributed by atoms with E-state index < -0.39 is 6.04 Å². The molecule has 1 aliphatic heterocycles. The number of amides is 3. The molecule has 2 heterocycles. The molecule has 1 N–H and O–H groups in total. The van der Waals surface area contributed by atoms with E-state index in [9.17, 15) is 14.4 Å². The predicted octanol–water partition coefficient (Wildman–Crippen LogP) is 3.75. The van der Waals surface area contributed by atoms with Gasteiger partial charge >= 0.3 is 0 Å². The van der Waals surface area contributed by atoms with Crippen LogP contribution in [0.4, 0.5) is 5.13 Å². The lowest BCUT2D eigenvalue weighted by molar-refractivity contribution is -0.147. The van der Waals surface area contributed by atoms with Crippen LogP contribution in [0.3, 0.4) is 0 Å². The third kappa shape index (κ3) is 4.42. The van der Waals surface area contributed by atoms with E-state index in [1.54, 1.807) is 0 Å². The normalized spacial score (nSPS) is 22.5. The van der Waals surface area contributed by atoms with Gasteiger partial charge in [-0.2, -0.15) is 0 Å². The van der Waals surface area contributed by atoms with Crippen molar-refractivity contribution in [3.05, 3.63) is 17.2 Å². The molecule has 1 aromatic heterocycles. The summed E-state index contributed by atoms with van der Waals surface area (Å²) in [5, 5.41) is 12.5. The Hall–Kier alpha value is -2.09. The largest absolute Gasteiger partial charge is 0.299 e. The Morgan fingerprint density at radius 2 is 1.72 bits per heavy atom. The Labute approximate surface area is 176 Å². The lowest BCUT2D eigenvalue weighted by Gasteiger charge is -2.26. The number of nitrogens with one attached hydrogen (secondary N) is 1. The summed E-state index contributed by atoms with van der Waals surface area (Å²) in [6.45, 7) is 8.17. The minimum atomic E-state index is -0.818. The van der Waals surface area contributed by atoms with E-state index in [-0.39, 0.29) is 35.5 Å². The molecule has 8 heteroatoms. The monoisotopic (exact) mass is 418 g/mol. The maximum Gasteiger partial charge on any atom is 0.249 e. The number of carbonyl (C=O) groups excluding carboxylic acids is 3. The van der Waals surface area contributed by atoms with E-state index in [1.165, 1.54) is 16.2 Å². The number of hydrogen-bond acceptors (Lipinski definition) is 6. The van der Waals surface area contributed by atoms with Gasteiger partial charge < -0.3 is 0 Å². The van der Waals surface area contributed by atoms with Crippen molar-refractivity contribution in [1.29, 1.82) is 0 Å². The average molecular weight is 419 g/mol. The molecule has 1 aromatic rings. The smallest absolute Gasteiger partial charge is 0.249 e. The zero-order valence-electron chi connectivity index (χ0n) is 17.6. The van der Waals surface area contributed by atoms with Crippen molar-refractivity contribution in [2.45, 2.75) is 71.8 Å². The molecule has 1 saturated heterocycles. The molecule has 3 atom stereocenters. The second-order valence-corrected chi connectivity index (χ2v) is 9.30. The first-order valence-corrected chi connectivity index (χ1v) is 11.3. The van der Waals surface area contributed by atoms with Gasteiger partial charge in [0.2, 0.25) is 22.9 Å². The average Bonchev–Trinajstić information content (AvgIpc) is 3.25. The van der Waals surface area contributed by atoms with Crippen LogP contribution in [0.15, 0.2) is 12.2 Å². The van der Waals surface area contributed by atoms with Gasteiger partial charge in [-0.3, -0.25) is 24.6 Å². The van der Waals surface area contributed by atoms with Gasteiger partial charge in [0, 0.05) is 5.92 Å². The van der Waals surface area contributed by atoms with Crippen LogP contribution < -0.4 is 5.32 Å². The predicted molar refractivity (Wildman–Crippen MR) is 112 cm³/mol. The minimum absolute atomic E-state index is 0.154. The van der Waals surface area contributed by atoms with Gasteiger partial charge in [-0.1, -0.05) is 51.2 Å². The van der Waals surface area contributed by atoms with E-state index >= 15 is 0 Å². The molecule has 3 unspecified atom stereocenters. The molecule has 3 rings (SSSR count). The van der Waals surface area contributed by atoms with Crippen LogP contribution >= 0.6 is 11.3 Å². The Morgan fingerprint density at radius 3 is 2.24 bits per heavy atom. The van der Waals surface area contributed by atoms with Crippen LogP contribution in [0.2, 0.25) is 0 Å². The molecular formula is C21H30N4O3S. The molecule has 1 fully saturated rings. The maximum atomic E-state index is 13.1. The molecule has 3 amide bonds. The van der Waals surface area contributed by atoms with Crippen LogP contribution in [0.1, 0.15) is 70.7 Å². The number of allylic oxidation sites excluding steroid dienone is 2. The molecule has 0 spiro atoms. The van der Waals surface area contributed by atoms with Gasteiger partial charge in [-0.25, -0.2) is 0 Å². The van der Waals surface area contributed by atoms with E-state index in [1.807, 2.05) is 26.0 Å². The lowest BCUT2D eigenvalue weighted by Crippen LogP contribution is -2.48. The van der Waals surface area contributed by atoms with Gasteiger partial charge in [-0.05, 0) is 38.0 Å². The van der Waals surface area contributed by atoms with Crippen molar-refractivity contribution in [3.63, 3.8) is 0 Å². The quantitative estimate of drug-likeness (QED) is 0.513. The SMILES string of the molecule is CCC(CC)c1nnc(NC(=O)C(CC(C)C)N2C(=O)C3CC=CCC3C2=O)s1. The summed E-state index contributed by atoms with van der Waals surface area (Å²) in [7, 11) is 0. The summed E-state index contributed by atoms with van der Waals surface area (Å²) in [5.74, 6) is -1.00. The molecule has 2 aliphatic rings. The zero-order valence-corrected chi connectivity index (χ0v) is 18.4. The molecule has 7 nitrogen and oxygen atoms in total. The second kappa shape index (κ2) is 9.15. The topological polar surface area (TPSA) is 92.3 Å². The number of nitrogens with zero attached hydrogens (tertiary/aromatic N) is 3. The Morgan fingerprint density at radius 1 is 1.14 bits per heavy atom. The highest BCUT2D eigenvalue weighted by atomic mass is 32.1. The number of fused-ring (bicyclic) bond motifs is 1. The highest BCUT2D eigenvalue weighted by Crippen LogP contribution is 2.37. The van der Waals surface area contributed by atoms with Gasteiger partial charge in [0.15, 0.2) is 0 Å². The van der Waals surface area contributed by atoms with Gasteiger partial charge in [0.1, 0.15) is 11.0 Å². The molecule has 0 bridgehead atoms. The summed E-state index contributed by atoms with van der Waals surface area (Å²) >= 11 is 1.37. The van der Waals surface area contributed by atoms with Crippen molar-refractivity contribution in [2.24, 2.45) is 17.8 Å². The van der Waals surface area contributed by atoms with Crippen molar-refractivity contribution >= 4 is 34.2 Å². The summed E-state index contributed by atoms with van der Waals surface area (Å²) in [4.78, 5) is 40.3. The first kappa shape index (κ1) is 21.6. The number of aromatic nitrogens is 2. The van der Waals surface area contributed by atoms with E-state index in [0.29, 0.717) is 30.3 Å². The van der Waals surface area contributed by atoms with Crippen LogP contribution in [0.5, 0.6) is 0 Å². The number of imide groups is 1. The van der Waals surface area contributed by atoms with Crippen LogP contribution in [0.25, 0.3) is 0 Å². The second-order valence-electron chi connectivity index (χ2n) is 8.30. The van der Waals surface area contributed by atoms with Gasteiger partial charge in [-0.15, -0.1) is 10.2 Å². The van der Waals surface area contributed by atoms with Gasteiger partial charge in [0.05, 0.1) is 11.8 Å². The molecule has 29 heavy (non-hydrogen) atoms. The number of hydrogen-bond donors (Lipinski definition) is 1. The summed E-state index contributed by atoms with van der Waals surface area (Å²) in [6, 6.07) is -0.818. The first-order valence-electron chi connectivity index (χ1n) is 10.5. The number of likely N-dealkylation sites (tertiary alicyclic amines) is 1. The summed E-state index contributed by atoms with van der Waals surface area (Å²) in [6.07, 6.45) is 7.38. The third-order valence-electron chi connectivity index (χ3n) is 5.86. The lowest BCUT2D eigenvalue weighted by atomic mass is 9.85. The minimum Gasteiger partial charge on any atom is -0.299 e. The summed E-state index contributed by atoms with van der Waals surface area (Å²) < 4.78 is 0. The number of carbonyl (C=O) groups is 3.